The zero-order valence-corrected chi connectivity index (χ0v) is 77.0. The minimum Gasteiger partial charge on any atom is -0.392 e. The quantitative estimate of drug-likeness (QED) is 0.0931. The van der Waals surface area contributed by atoms with Crippen LogP contribution in [-0.2, 0) is 105 Å². The standard InChI is InChI=1S/C10H14N2O.C9H13N3O.2C7H11N3O.2C7H10N2O.4C6H8N2O.C6H10N2.C5H8N2O.C3H5N3.5CH4/c1-12-7-9(6-11-12)10(13)8-4-2-3-5-8;1-11-8(4-5-10-11)9(13)12-6-2-3-7-12;1-9(2)7(11)6-4-8-10(3)5-6;1-9(2)7(11)6-4-5-8-10(6)3;1-3-7(10)6-4-8-9(2)5-6;1-3-7(10)6-4-5-8-9(6)2;2*1-5(9)6-3-7-8(2)4-6;2*1-5(9)6-3-4-7-8(6)2;1-3-6-4-5-7-8(6)2;1-7-3-5(4-8)2-6-7;1-6-3-2-4-5-6;;;;;/h6-8H,2-5H2,1H3;4-5H,2-3,6-7H2,1H3;2*4-5H,1-3H3;2*4-5H,3H2,1-2H3;4*3-4H,1-2H3;4-5H,3H2,1-2H3;2-3,8H,4H2,1H3;2-3H,1H3;5*1H4. The van der Waals surface area contributed by atoms with Crippen LogP contribution in [0.1, 0.15) is 252 Å². The van der Waals surface area contributed by atoms with E-state index in [9.17, 15) is 47.9 Å². The third kappa shape index (κ3) is 43.9. The molecule has 0 aromatic carbocycles. The molecular formula is C90H144N30O11. The minimum atomic E-state index is -0.0231. The summed E-state index contributed by atoms with van der Waals surface area (Å²) >= 11 is 0. The molecule has 720 valence electrons. The van der Waals surface area contributed by atoms with Gasteiger partial charge in [0.05, 0.1) is 77.8 Å². The van der Waals surface area contributed by atoms with Crippen LogP contribution in [0.3, 0.4) is 0 Å². The fraction of sp³-hybridized carbons (Fsp3) is 0.467. The van der Waals surface area contributed by atoms with Crippen molar-refractivity contribution in [1.82, 2.24) is 147 Å². The van der Waals surface area contributed by atoms with Crippen LogP contribution < -0.4 is 0 Å². The van der Waals surface area contributed by atoms with E-state index in [-0.39, 0.29) is 108 Å². The Balaban J connectivity index is -0.00000136. The molecule has 0 atom stereocenters. The second kappa shape index (κ2) is 63.6. The maximum absolute atomic E-state index is 11.8. The van der Waals surface area contributed by atoms with E-state index >= 15 is 0 Å². The van der Waals surface area contributed by atoms with Crippen LogP contribution in [-0.4, -0.2) is 252 Å². The molecule has 15 rings (SSSR count). The monoisotopic (exact) mass is 1820 g/mol. The van der Waals surface area contributed by atoms with Crippen molar-refractivity contribution in [3.63, 3.8) is 0 Å². The van der Waals surface area contributed by atoms with E-state index in [1.807, 2.05) is 63.9 Å². The Hall–Kier alpha value is -14.3. The van der Waals surface area contributed by atoms with Gasteiger partial charge in [0.25, 0.3) is 17.7 Å². The van der Waals surface area contributed by atoms with Gasteiger partial charge in [-0.2, -0.15) is 61.2 Å². The summed E-state index contributed by atoms with van der Waals surface area (Å²) in [6.07, 6.45) is 42.3. The summed E-state index contributed by atoms with van der Waals surface area (Å²) in [5, 5.41) is 62.3. The number of aryl methyl sites for hydroxylation is 14. The van der Waals surface area contributed by atoms with E-state index in [4.69, 9.17) is 5.11 Å². The third-order valence-electron chi connectivity index (χ3n) is 18.1. The first-order valence-corrected chi connectivity index (χ1v) is 40.2. The van der Waals surface area contributed by atoms with Crippen LogP contribution in [0, 0.1) is 5.92 Å². The fourth-order valence-electron chi connectivity index (χ4n) is 11.1. The Bertz CT molecular complexity index is 5320. The zero-order valence-electron chi connectivity index (χ0n) is 77.0. The van der Waals surface area contributed by atoms with Gasteiger partial charge in [0.15, 0.2) is 40.5 Å². The first kappa shape index (κ1) is 121. The summed E-state index contributed by atoms with van der Waals surface area (Å²) in [5.41, 5.74) is 8.83. The summed E-state index contributed by atoms with van der Waals surface area (Å²) in [6.45, 7) is 13.8. The Morgan fingerprint density at radius 3 is 0.954 bits per heavy atom. The highest BCUT2D eigenvalue weighted by molar-refractivity contribution is 5.98. The lowest BCUT2D eigenvalue weighted by Crippen LogP contribution is -2.29. The molecule has 1 saturated heterocycles. The van der Waals surface area contributed by atoms with Crippen LogP contribution in [0.15, 0.2) is 160 Å². The number of carbonyl (C=O) groups is 10. The molecule has 3 amide bonds. The van der Waals surface area contributed by atoms with Crippen molar-refractivity contribution in [2.24, 2.45) is 97.5 Å². The van der Waals surface area contributed by atoms with Gasteiger partial charge >= 0.3 is 0 Å². The molecule has 13 aromatic rings. The average Bonchev–Trinajstić information content (AvgIpc) is 1.71. The van der Waals surface area contributed by atoms with Crippen molar-refractivity contribution in [1.29, 1.82) is 0 Å². The second-order valence-corrected chi connectivity index (χ2v) is 28.8. The highest BCUT2D eigenvalue weighted by Crippen LogP contribution is 2.28. The first-order chi connectivity index (χ1) is 59.7. The van der Waals surface area contributed by atoms with E-state index < -0.39 is 0 Å². The second-order valence-electron chi connectivity index (χ2n) is 28.8. The molecule has 1 aliphatic carbocycles. The number of rotatable bonds is 15. The molecule has 41 heteroatoms. The van der Waals surface area contributed by atoms with Crippen molar-refractivity contribution < 1.29 is 53.1 Å². The zero-order chi connectivity index (χ0) is 94.3. The van der Waals surface area contributed by atoms with Gasteiger partial charge in [-0.05, 0) is 82.3 Å². The van der Waals surface area contributed by atoms with Gasteiger partial charge in [0.2, 0.25) is 0 Å². The van der Waals surface area contributed by atoms with Gasteiger partial charge in [0, 0.05) is 257 Å². The van der Waals surface area contributed by atoms with Crippen LogP contribution in [0.4, 0.5) is 0 Å². The van der Waals surface area contributed by atoms with Crippen molar-refractivity contribution in [2.75, 3.05) is 41.3 Å². The Morgan fingerprint density at radius 2 is 0.702 bits per heavy atom. The van der Waals surface area contributed by atoms with Gasteiger partial charge in [0.1, 0.15) is 28.5 Å². The van der Waals surface area contributed by atoms with Crippen molar-refractivity contribution in [3.05, 3.63) is 228 Å². The maximum atomic E-state index is 11.8. The molecule has 1 aliphatic heterocycles. The van der Waals surface area contributed by atoms with E-state index in [0.29, 0.717) is 63.6 Å². The summed E-state index contributed by atoms with van der Waals surface area (Å²) in [4.78, 5) is 116. The van der Waals surface area contributed by atoms with E-state index in [2.05, 4.69) is 78.4 Å². The topological polar surface area (TPSA) is 445 Å². The van der Waals surface area contributed by atoms with Gasteiger partial charge in [-0.3, -0.25) is 109 Å². The lowest BCUT2D eigenvalue weighted by Gasteiger charge is -2.14. The van der Waals surface area contributed by atoms with E-state index in [1.54, 1.807) is 296 Å². The van der Waals surface area contributed by atoms with Gasteiger partial charge in [-0.15, -0.1) is 5.10 Å². The minimum absolute atomic E-state index is 0. The molecule has 2 aliphatic rings. The number of aromatic nitrogens is 27. The van der Waals surface area contributed by atoms with Crippen molar-refractivity contribution >= 4 is 58.2 Å². The molecule has 2 fully saturated rings. The van der Waals surface area contributed by atoms with Gasteiger partial charge in [-0.25, -0.2) is 0 Å². The first-order valence-electron chi connectivity index (χ1n) is 40.2. The third-order valence-corrected chi connectivity index (χ3v) is 18.1. The summed E-state index contributed by atoms with van der Waals surface area (Å²) < 4.78 is 21.2. The van der Waals surface area contributed by atoms with Crippen molar-refractivity contribution in [2.45, 2.75) is 150 Å². The van der Waals surface area contributed by atoms with Crippen molar-refractivity contribution in [3.8, 4) is 0 Å². The lowest BCUT2D eigenvalue weighted by atomic mass is 9.99. The molecule has 14 heterocycles. The van der Waals surface area contributed by atoms with Crippen LogP contribution >= 0.6 is 0 Å². The van der Waals surface area contributed by atoms with E-state index in [0.717, 1.165) is 56.3 Å². The van der Waals surface area contributed by atoms with Crippen LogP contribution in [0.2, 0.25) is 0 Å². The molecule has 0 bridgehead atoms. The molecule has 0 radical (unpaired) electrons. The molecule has 0 spiro atoms. The number of hydrogen-bond donors (Lipinski definition) is 1. The smallest absolute Gasteiger partial charge is 0.272 e. The number of amides is 3. The molecule has 1 N–H and O–H groups in total. The summed E-state index contributed by atoms with van der Waals surface area (Å²) in [5.74, 6) is 1.12. The summed E-state index contributed by atoms with van der Waals surface area (Å²) in [7, 11) is 30.3. The lowest BCUT2D eigenvalue weighted by molar-refractivity contribution is 0.0778. The SMILES string of the molecule is C.C.C.C.C.CC(=O)c1ccnn1C.CC(=O)c1ccnn1C.CC(=O)c1cnn(C)c1.CC(=O)c1cnn(C)c1.CCC(=O)c1ccnn1C.CCC(=O)c1cnn(C)c1.CCc1ccnn1C.CN(C)C(=O)c1ccnn1C.CN(C)C(=O)c1cnn(C)c1.Cn1cc(C(=O)C2CCCC2)cn1.Cn1cc(CO)cn1.Cn1ccnn1.Cn1nccc1C(=O)N1CCCC1. The van der Waals surface area contributed by atoms with E-state index in [1.165, 1.54) is 56.0 Å². The number of nitrogens with zero attached hydrogens (tertiary/aromatic N) is 30. The number of hydrogen-bond acceptors (Lipinski definition) is 25. The predicted molar refractivity (Wildman–Crippen MR) is 505 cm³/mol. The molecule has 41 nitrogen and oxygen atoms in total. The number of Topliss-reactive ketones (excluding diaryl/α,β-unsaturated/α-hetero) is 7. The summed E-state index contributed by atoms with van der Waals surface area (Å²) in [6, 6.07) is 10.6. The van der Waals surface area contributed by atoms with Crippen LogP contribution in [0.25, 0.3) is 0 Å². The maximum Gasteiger partial charge on any atom is 0.272 e. The number of aliphatic hydroxyl groups is 1. The molecule has 0 unspecified atom stereocenters. The Labute approximate surface area is 771 Å². The molecule has 13 aromatic heterocycles. The number of ketones is 7. The average molecular weight is 1820 g/mol. The normalized spacial score (nSPS) is 10.8. The highest BCUT2D eigenvalue weighted by Gasteiger charge is 2.25. The Kier molecular flexibility index (Phi) is 58.7. The number of likely N-dealkylation sites (tertiary alicyclic amines) is 1. The highest BCUT2D eigenvalue weighted by atomic mass is 16.3. The van der Waals surface area contributed by atoms with Gasteiger partial charge < -0.3 is 19.8 Å². The molecule has 131 heavy (non-hydrogen) atoms. The number of aliphatic hydroxyl groups excluding tert-OH is 1. The van der Waals surface area contributed by atoms with Gasteiger partial charge in [-0.1, -0.05) is 76.0 Å². The fourth-order valence-corrected chi connectivity index (χ4v) is 11.1. The van der Waals surface area contributed by atoms with Crippen LogP contribution in [0.5, 0.6) is 0 Å². The Morgan fingerprint density at radius 1 is 0.359 bits per heavy atom. The number of carbonyl (C=O) groups excluding carboxylic acids is 10. The molecular weight excluding hydrogens is 1680 g/mol. The predicted octanol–water partition coefficient (Wildman–Crippen LogP) is 11.1. The molecule has 1 saturated carbocycles. The largest absolute Gasteiger partial charge is 0.392 e.